The van der Waals surface area contributed by atoms with Gasteiger partial charge in [-0.05, 0) is 55.8 Å². The van der Waals surface area contributed by atoms with Crippen molar-refractivity contribution < 1.29 is 4.39 Å². The van der Waals surface area contributed by atoms with Gasteiger partial charge in [-0.1, -0.05) is 24.3 Å². The Kier molecular flexibility index (Phi) is 4.57. The van der Waals surface area contributed by atoms with E-state index in [4.69, 9.17) is 5.73 Å². The van der Waals surface area contributed by atoms with Gasteiger partial charge in [-0.15, -0.1) is 0 Å². The Hall–Kier alpha value is -1.37. The van der Waals surface area contributed by atoms with Crippen molar-refractivity contribution in [1.29, 1.82) is 0 Å². The smallest absolute Gasteiger partial charge is 0.138 e. The standard InChI is InChI=1S/C18H23FN2/c19-17-9-8-14(12-16(17)5-2-10-20)13-21-11-3-6-15-4-1-7-18(15)21/h8-9,12,15,18H,1,3-4,6-7,10-11,13,20H2. The van der Waals surface area contributed by atoms with Crippen molar-refractivity contribution >= 4 is 0 Å². The Morgan fingerprint density at radius 1 is 1.24 bits per heavy atom. The van der Waals surface area contributed by atoms with Crippen LogP contribution in [-0.2, 0) is 6.54 Å². The van der Waals surface area contributed by atoms with Crippen LogP contribution in [0.5, 0.6) is 0 Å². The molecule has 0 radical (unpaired) electrons. The van der Waals surface area contributed by atoms with Crippen molar-refractivity contribution in [3.05, 3.63) is 35.1 Å². The van der Waals surface area contributed by atoms with Crippen molar-refractivity contribution in [2.24, 2.45) is 11.7 Å². The molecule has 1 aliphatic carbocycles. The van der Waals surface area contributed by atoms with Crippen LogP contribution in [0.4, 0.5) is 4.39 Å². The fraction of sp³-hybridized carbons (Fsp3) is 0.556. The van der Waals surface area contributed by atoms with E-state index in [0.29, 0.717) is 5.56 Å². The molecule has 21 heavy (non-hydrogen) atoms. The average molecular weight is 286 g/mol. The number of hydrogen-bond donors (Lipinski definition) is 1. The number of benzene rings is 1. The molecule has 0 amide bonds. The van der Waals surface area contributed by atoms with Crippen LogP contribution in [0, 0.1) is 23.6 Å². The van der Waals surface area contributed by atoms with E-state index in [1.807, 2.05) is 12.1 Å². The summed E-state index contributed by atoms with van der Waals surface area (Å²) >= 11 is 0. The van der Waals surface area contributed by atoms with Gasteiger partial charge in [0.15, 0.2) is 0 Å². The zero-order chi connectivity index (χ0) is 14.7. The number of likely N-dealkylation sites (tertiary alicyclic amines) is 1. The minimum Gasteiger partial charge on any atom is -0.320 e. The molecule has 2 atom stereocenters. The maximum absolute atomic E-state index is 13.7. The van der Waals surface area contributed by atoms with Crippen LogP contribution in [0.15, 0.2) is 18.2 Å². The number of nitrogens with zero attached hydrogens (tertiary/aromatic N) is 1. The summed E-state index contributed by atoms with van der Waals surface area (Å²) in [5, 5.41) is 0. The second-order valence-corrected chi connectivity index (χ2v) is 6.19. The Labute approximate surface area is 126 Å². The van der Waals surface area contributed by atoms with E-state index in [2.05, 4.69) is 16.7 Å². The minimum atomic E-state index is -0.253. The van der Waals surface area contributed by atoms with Crippen molar-refractivity contribution in [2.45, 2.75) is 44.7 Å². The van der Waals surface area contributed by atoms with E-state index in [1.54, 1.807) is 0 Å². The number of rotatable bonds is 2. The molecular weight excluding hydrogens is 263 g/mol. The third kappa shape index (κ3) is 3.28. The first-order valence-electron chi connectivity index (χ1n) is 7.99. The van der Waals surface area contributed by atoms with Gasteiger partial charge in [-0.2, -0.15) is 0 Å². The van der Waals surface area contributed by atoms with Gasteiger partial charge in [0.2, 0.25) is 0 Å². The van der Waals surface area contributed by atoms with Gasteiger partial charge in [0.05, 0.1) is 12.1 Å². The fourth-order valence-electron chi connectivity index (χ4n) is 3.90. The molecule has 2 unspecified atom stereocenters. The van der Waals surface area contributed by atoms with E-state index in [-0.39, 0.29) is 12.4 Å². The second kappa shape index (κ2) is 6.60. The third-order valence-corrected chi connectivity index (χ3v) is 4.85. The molecule has 2 fully saturated rings. The first-order chi connectivity index (χ1) is 10.3. The molecule has 2 N–H and O–H groups in total. The number of halogens is 1. The predicted octanol–water partition coefficient (Wildman–Crippen LogP) is 2.90. The zero-order valence-electron chi connectivity index (χ0n) is 12.4. The Bertz CT molecular complexity index is 558. The summed E-state index contributed by atoms with van der Waals surface area (Å²) in [7, 11) is 0. The fourth-order valence-corrected chi connectivity index (χ4v) is 3.90. The molecule has 0 bridgehead atoms. The van der Waals surface area contributed by atoms with Crippen molar-refractivity contribution in [1.82, 2.24) is 4.90 Å². The lowest BCUT2D eigenvalue weighted by atomic mass is 9.91. The van der Waals surface area contributed by atoms with E-state index < -0.39 is 0 Å². The Morgan fingerprint density at radius 2 is 2.10 bits per heavy atom. The molecule has 2 aliphatic rings. The lowest BCUT2D eigenvalue weighted by molar-refractivity contribution is 0.106. The highest BCUT2D eigenvalue weighted by atomic mass is 19.1. The van der Waals surface area contributed by atoms with Gasteiger partial charge in [0, 0.05) is 12.6 Å². The largest absolute Gasteiger partial charge is 0.320 e. The van der Waals surface area contributed by atoms with E-state index in [1.165, 1.54) is 44.7 Å². The van der Waals surface area contributed by atoms with Gasteiger partial charge in [0.25, 0.3) is 0 Å². The molecule has 1 saturated heterocycles. The summed E-state index contributed by atoms with van der Waals surface area (Å²) in [6.45, 7) is 2.35. The highest BCUT2D eigenvalue weighted by molar-refractivity contribution is 5.38. The van der Waals surface area contributed by atoms with E-state index in [0.717, 1.165) is 24.1 Å². The molecule has 0 aromatic heterocycles. The van der Waals surface area contributed by atoms with Gasteiger partial charge >= 0.3 is 0 Å². The molecule has 112 valence electrons. The van der Waals surface area contributed by atoms with E-state index >= 15 is 0 Å². The van der Waals surface area contributed by atoms with Crippen LogP contribution in [0.25, 0.3) is 0 Å². The maximum atomic E-state index is 13.7. The first-order valence-corrected chi connectivity index (χ1v) is 7.99. The normalized spacial score (nSPS) is 25.2. The molecule has 1 aliphatic heterocycles. The molecule has 3 rings (SSSR count). The topological polar surface area (TPSA) is 29.3 Å². The molecule has 1 heterocycles. The SMILES string of the molecule is NCC#Cc1cc(CN2CCCC3CCCC32)ccc1F. The van der Waals surface area contributed by atoms with Gasteiger partial charge in [-0.25, -0.2) is 4.39 Å². The third-order valence-electron chi connectivity index (χ3n) is 4.85. The van der Waals surface area contributed by atoms with Crippen LogP contribution in [0.3, 0.4) is 0 Å². The van der Waals surface area contributed by atoms with Gasteiger partial charge in [-0.3, -0.25) is 4.90 Å². The molecule has 2 nitrogen and oxygen atoms in total. The quantitative estimate of drug-likeness (QED) is 0.847. The predicted molar refractivity (Wildman–Crippen MR) is 83.1 cm³/mol. The summed E-state index contributed by atoms with van der Waals surface area (Å²) in [5.74, 6) is 6.20. The molecule has 1 aromatic rings. The highest BCUT2D eigenvalue weighted by Crippen LogP contribution is 2.37. The van der Waals surface area contributed by atoms with Crippen molar-refractivity contribution in [2.75, 3.05) is 13.1 Å². The maximum Gasteiger partial charge on any atom is 0.138 e. The zero-order valence-corrected chi connectivity index (χ0v) is 12.4. The summed E-state index contributed by atoms with van der Waals surface area (Å²) in [6.07, 6.45) is 6.76. The molecule has 3 heteroatoms. The molecule has 1 aromatic carbocycles. The van der Waals surface area contributed by atoms with E-state index in [9.17, 15) is 4.39 Å². The van der Waals surface area contributed by atoms with Crippen LogP contribution in [0.2, 0.25) is 0 Å². The van der Waals surface area contributed by atoms with Crippen LogP contribution in [-0.4, -0.2) is 24.0 Å². The highest BCUT2D eigenvalue weighted by Gasteiger charge is 2.34. The van der Waals surface area contributed by atoms with Crippen LogP contribution < -0.4 is 5.73 Å². The lowest BCUT2D eigenvalue weighted by Crippen LogP contribution is -2.41. The van der Waals surface area contributed by atoms with Crippen molar-refractivity contribution in [3.8, 4) is 11.8 Å². The minimum absolute atomic E-state index is 0.253. The number of piperidine rings is 1. The first kappa shape index (κ1) is 14.6. The second-order valence-electron chi connectivity index (χ2n) is 6.19. The van der Waals surface area contributed by atoms with Crippen LogP contribution in [0.1, 0.15) is 43.2 Å². The Morgan fingerprint density at radius 3 is 2.95 bits per heavy atom. The molecule has 1 saturated carbocycles. The van der Waals surface area contributed by atoms with Gasteiger partial charge < -0.3 is 5.73 Å². The summed E-state index contributed by atoms with van der Waals surface area (Å²) in [6, 6.07) is 6.05. The van der Waals surface area contributed by atoms with Crippen molar-refractivity contribution in [3.63, 3.8) is 0 Å². The Balaban J connectivity index is 1.75. The number of fused-ring (bicyclic) bond motifs is 1. The van der Waals surface area contributed by atoms with Gasteiger partial charge in [0.1, 0.15) is 5.82 Å². The number of hydrogen-bond acceptors (Lipinski definition) is 2. The molecular formula is C18H23FN2. The summed E-state index contributed by atoms with van der Waals surface area (Å²) in [4.78, 5) is 2.59. The average Bonchev–Trinajstić information content (AvgIpc) is 2.97. The summed E-state index contributed by atoms with van der Waals surface area (Å²) < 4.78 is 13.7. The monoisotopic (exact) mass is 286 g/mol. The van der Waals surface area contributed by atoms with Crippen LogP contribution >= 0.6 is 0 Å². The molecule has 0 spiro atoms. The number of nitrogens with two attached hydrogens (primary N) is 1. The summed E-state index contributed by atoms with van der Waals surface area (Å²) in [5.41, 5.74) is 7.00. The lowest BCUT2D eigenvalue weighted by Gasteiger charge is -2.37.